The monoisotopic (exact) mass is 681 g/mol. The Bertz CT molecular complexity index is 1150. The highest BCUT2D eigenvalue weighted by molar-refractivity contribution is 6.04. The number of carbonyl (C=O) groups excluding carboxylic acids is 3. The number of fused-ring (bicyclic) bond motifs is 10. The summed E-state index contributed by atoms with van der Waals surface area (Å²) in [5, 5.41) is 18.7. The Morgan fingerprint density at radius 1 is 1.12 bits per heavy atom. The fraction of sp³-hybridized carbons (Fsp3) is 0.917. The molecule has 0 aromatic rings. The van der Waals surface area contributed by atoms with Gasteiger partial charge in [-0.1, -0.05) is 34.6 Å². The van der Waals surface area contributed by atoms with E-state index in [4.69, 9.17) is 23.7 Å². The number of aliphatic hydroxyl groups excluding tert-OH is 1. The summed E-state index contributed by atoms with van der Waals surface area (Å²) < 4.78 is 32.1. The zero-order valence-electron chi connectivity index (χ0n) is 31.2. The highest BCUT2D eigenvalue weighted by atomic mass is 16.7. The molecule has 0 amide bonds. The summed E-state index contributed by atoms with van der Waals surface area (Å²) in [6, 6.07) is -0.101. The summed E-state index contributed by atoms with van der Waals surface area (Å²) in [4.78, 5) is 43.5. The quantitative estimate of drug-likeness (QED) is 0.269. The molecule has 0 aliphatic carbocycles. The molecule has 48 heavy (non-hydrogen) atoms. The number of aliphatic hydroxyl groups is 1. The van der Waals surface area contributed by atoms with Crippen LogP contribution < -0.4 is 10.6 Å². The summed E-state index contributed by atoms with van der Waals surface area (Å²) in [5.74, 6) is -2.27. The van der Waals surface area contributed by atoms with E-state index in [-0.39, 0.29) is 67.3 Å². The normalized spacial score (nSPS) is 44.9. The van der Waals surface area contributed by atoms with E-state index in [2.05, 4.69) is 31.4 Å². The van der Waals surface area contributed by atoms with E-state index in [0.717, 1.165) is 0 Å². The van der Waals surface area contributed by atoms with Crippen molar-refractivity contribution >= 4 is 17.7 Å². The van der Waals surface area contributed by atoms with Gasteiger partial charge >= 0.3 is 11.9 Å². The number of rotatable bonds is 7. The third kappa shape index (κ3) is 7.95. The summed E-state index contributed by atoms with van der Waals surface area (Å²) in [6.07, 6.45) is -1.94. The Kier molecular flexibility index (Phi) is 12.5. The minimum Gasteiger partial charge on any atom is -0.457 e. The van der Waals surface area contributed by atoms with Crippen LogP contribution in [0.2, 0.25) is 0 Å². The fourth-order valence-electron chi connectivity index (χ4n) is 8.57. The lowest BCUT2D eigenvalue weighted by molar-refractivity contribution is -0.301. The molecule has 5 aliphatic rings. The average molecular weight is 682 g/mol. The SMILES string of the molecule is CC[C@H]1OC(=O)[C@@]2(C)CCO[C@](C)(C[C@@H](C)CN[C@H](C)[C@H]3CC(=O)O[C@@]31C)[C@H](O[C@@H]1OC(CNC(C)C)CC(N(C)C)C1O)[C@@H](C)C2=O. The van der Waals surface area contributed by atoms with Crippen LogP contribution >= 0.6 is 0 Å². The Labute approximate surface area is 287 Å². The highest BCUT2D eigenvalue weighted by Gasteiger charge is 2.58. The molecule has 13 atom stereocenters. The van der Waals surface area contributed by atoms with E-state index >= 15 is 0 Å². The minimum absolute atomic E-state index is 0.0700. The number of hydrogen-bond donors (Lipinski definition) is 3. The van der Waals surface area contributed by atoms with Gasteiger partial charge in [-0.05, 0) is 79.9 Å². The maximum atomic E-state index is 14.6. The van der Waals surface area contributed by atoms with Crippen LogP contribution in [-0.4, -0.2) is 122 Å². The summed E-state index contributed by atoms with van der Waals surface area (Å²) in [5.41, 5.74) is -3.55. The van der Waals surface area contributed by atoms with E-state index in [0.29, 0.717) is 32.4 Å². The first-order valence-corrected chi connectivity index (χ1v) is 18.1. The Morgan fingerprint density at radius 3 is 2.44 bits per heavy atom. The summed E-state index contributed by atoms with van der Waals surface area (Å²) >= 11 is 0. The fourth-order valence-corrected chi connectivity index (χ4v) is 8.57. The smallest absolute Gasteiger partial charge is 0.319 e. The van der Waals surface area contributed by atoms with E-state index < -0.39 is 53.1 Å². The van der Waals surface area contributed by atoms with Crippen molar-refractivity contribution in [2.24, 2.45) is 23.2 Å². The maximum Gasteiger partial charge on any atom is 0.319 e. The first kappa shape index (κ1) is 39.1. The number of ether oxygens (including phenoxy) is 5. The van der Waals surface area contributed by atoms with Gasteiger partial charge in [-0.25, -0.2) is 0 Å². The van der Waals surface area contributed by atoms with E-state index in [9.17, 15) is 19.5 Å². The first-order valence-electron chi connectivity index (χ1n) is 18.1. The molecule has 0 aromatic heterocycles. The molecule has 12 heteroatoms. The molecule has 5 fully saturated rings. The van der Waals surface area contributed by atoms with E-state index in [1.54, 1.807) is 13.8 Å². The number of carbonyl (C=O) groups is 3. The zero-order valence-corrected chi connectivity index (χ0v) is 31.2. The molecule has 5 rings (SSSR count). The van der Waals surface area contributed by atoms with Crippen LogP contribution in [0.25, 0.3) is 0 Å². The molecule has 0 aromatic carbocycles. The van der Waals surface area contributed by atoms with Crippen LogP contribution in [0.1, 0.15) is 94.4 Å². The Balaban J connectivity index is 1.74. The molecule has 3 unspecified atom stereocenters. The lowest BCUT2D eigenvalue weighted by Gasteiger charge is -2.49. The zero-order chi connectivity index (χ0) is 35.8. The second-order valence-corrected chi connectivity index (χ2v) is 16.2. The van der Waals surface area contributed by atoms with E-state index in [1.807, 2.05) is 46.7 Å². The van der Waals surface area contributed by atoms with Gasteiger partial charge < -0.3 is 44.3 Å². The summed E-state index contributed by atoms with van der Waals surface area (Å²) in [7, 11) is 3.85. The van der Waals surface area contributed by atoms with Crippen molar-refractivity contribution < 1.29 is 43.2 Å². The van der Waals surface area contributed by atoms with Crippen molar-refractivity contribution in [3.8, 4) is 0 Å². The topological polar surface area (TPSA) is 145 Å². The molecule has 5 saturated heterocycles. The van der Waals surface area contributed by atoms with Gasteiger partial charge in [-0.2, -0.15) is 0 Å². The van der Waals surface area contributed by atoms with Gasteiger partial charge in [-0.3, -0.25) is 14.4 Å². The average Bonchev–Trinajstić information content (AvgIpc) is 3.33. The molecule has 2 bridgehead atoms. The number of nitrogens with zero attached hydrogens (tertiary/aromatic N) is 1. The van der Waals surface area contributed by atoms with Crippen LogP contribution in [0.3, 0.4) is 0 Å². The molecule has 12 nitrogen and oxygen atoms in total. The standard InChI is InChI=1S/C36H63N3O9/c1-12-27-36(9)25(16-28(40)48-36)23(6)38-18-21(4)17-35(8)31(22(5)30(42)34(7,13-14-44-35)33(43)46-27)47-32-29(41)26(39(10)11)15-24(45-32)19-37-20(2)3/h20-27,29,31-32,37-38,41H,12-19H2,1-11H3/t21-,22+,23-,24?,25-,26?,27-,29?,31-,32+,34+,35-,36+/m1/s1. The van der Waals surface area contributed by atoms with Gasteiger partial charge in [0.1, 0.15) is 17.6 Å². The van der Waals surface area contributed by atoms with Crippen LogP contribution in [0.15, 0.2) is 0 Å². The molecule has 3 N–H and O–H groups in total. The largest absolute Gasteiger partial charge is 0.457 e. The van der Waals surface area contributed by atoms with Gasteiger partial charge in [-0.15, -0.1) is 0 Å². The molecule has 276 valence electrons. The van der Waals surface area contributed by atoms with Crippen molar-refractivity contribution in [2.75, 3.05) is 33.8 Å². The van der Waals surface area contributed by atoms with Crippen molar-refractivity contribution in [3.05, 3.63) is 0 Å². The van der Waals surface area contributed by atoms with Crippen molar-refractivity contribution in [2.45, 2.75) is 154 Å². The lowest BCUT2D eigenvalue weighted by atomic mass is 9.70. The minimum atomic E-state index is -1.54. The van der Waals surface area contributed by atoms with Gasteiger partial charge in [0.05, 0.1) is 24.2 Å². The molecule has 0 saturated carbocycles. The van der Waals surface area contributed by atoms with Crippen LogP contribution in [-0.2, 0) is 38.1 Å². The van der Waals surface area contributed by atoms with Gasteiger partial charge in [0.25, 0.3) is 0 Å². The van der Waals surface area contributed by atoms with Crippen LogP contribution in [0, 0.1) is 23.2 Å². The number of esters is 2. The lowest BCUT2D eigenvalue weighted by Crippen LogP contribution is -2.62. The van der Waals surface area contributed by atoms with Crippen molar-refractivity contribution in [1.82, 2.24) is 15.5 Å². The Hall–Kier alpha value is -1.67. The predicted molar refractivity (Wildman–Crippen MR) is 180 cm³/mol. The van der Waals surface area contributed by atoms with Gasteiger partial charge in [0, 0.05) is 43.1 Å². The van der Waals surface area contributed by atoms with Gasteiger partial charge in [0.15, 0.2) is 17.7 Å². The second-order valence-electron chi connectivity index (χ2n) is 16.2. The predicted octanol–water partition coefficient (Wildman–Crippen LogP) is 2.83. The molecule has 5 aliphatic heterocycles. The summed E-state index contributed by atoms with van der Waals surface area (Å²) in [6.45, 7) is 18.7. The molecule has 5 heterocycles. The Morgan fingerprint density at radius 2 is 1.81 bits per heavy atom. The third-order valence-corrected chi connectivity index (χ3v) is 11.6. The highest BCUT2D eigenvalue weighted by Crippen LogP contribution is 2.45. The van der Waals surface area contributed by atoms with Crippen LogP contribution in [0.4, 0.5) is 0 Å². The van der Waals surface area contributed by atoms with Crippen molar-refractivity contribution in [3.63, 3.8) is 0 Å². The second kappa shape index (κ2) is 15.3. The first-order chi connectivity index (χ1) is 22.4. The molecular weight excluding hydrogens is 618 g/mol. The van der Waals surface area contributed by atoms with E-state index in [1.165, 1.54) is 0 Å². The number of likely N-dealkylation sites (N-methyl/N-ethyl adjacent to an activating group) is 1. The van der Waals surface area contributed by atoms with Crippen LogP contribution in [0.5, 0.6) is 0 Å². The molecule has 0 spiro atoms. The number of nitrogens with one attached hydrogen (secondary N) is 2. The van der Waals surface area contributed by atoms with Crippen molar-refractivity contribution in [1.29, 1.82) is 0 Å². The molecular formula is C36H63N3O9. The third-order valence-electron chi connectivity index (χ3n) is 11.6. The maximum absolute atomic E-state index is 14.6. The number of Topliss-reactive ketones (excluding diaryl/α,β-unsaturated/α-hetero) is 1. The number of ketones is 1. The van der Waals surface area contributed by atoms with Gasteiger partial charge in [0.2, 0.25) is 0 Å². The molecule has 0 radical (unpaired) electrons. The number of hydrogen-bond acceptors (Lipinski definition) is 12.